The number of nitrogens with zero attached hydrogens (tertiary/aromatic N) is 1. The molecule has 12 heavy (non-hydrogen) atoms. The highest BCUT2D eigenvalue weighted by molar-refractivity contribution is 8.00. The minimum atomic E-state index is -0.903. The summed E-state index contributed by atoms with van der Waals surface area (Å²) >= 11 is 13.4. The summed E-state index contributed by atoms with van der Waals surface area (Å²) in [6.45, 7) is 0. The van der Waals surface area contributed by atoms with Crippen molar-refractivity contribution in [2.75, 3.05) is 5.75 Å². The van der Waals surface area contributed by atoms with E-state index in [4.69, 9.17) is 28.3 Å². The summed E-state index contributed by atoms with van der Waals surface area (Å²) < 4.78 is 0.763. The zero-order chi connectivity index (χ0) is 9.14. The van der Waals surface area contributed by atoms with Crippen LogP contribution in [-0.2, 0) is 4.79 Å². The predicted molar refractivity (Wildman–Crippen MR) is 50.5 cm³/mol. The van der Waals surface area contributed by atoms with Crippen molar-refractivity contribution in [1.82, 2.24) is 4.98 Å². The molecule has 0 amide bonds. The molecule has 1 aromatic heterocycles. The van der Waals surface area contributed by atoms with E-state index in [-0.39, 0.29) is 5.75 Å². The van der Waals surface area contributed by atoms with E-state index in [1.54, 1.807) is 0 Å². The number of carbonyl (C=O) groups is 1. The molecule has 0 bridgehead atoms. The number of hydrogen-bond acceptors (Lipinski definition) is 4. The first kappa shape index (κ1) is 10.1. The van der Waals surface area contributed by atoms with Gasteiger partial charge in [-0.05, 0) is 0 Å². The molecule has 0 atom stereocenters. The Morgan fingerprint density at radius 2 is 2.33 bits per heavy atom. The Labute approximate surface area is 86.7 Å². The number of aromatic nitrogens is 1. The first-order valence-corrected chi connectivity index (χ1v) is 5.32. The molecule has 3 nitrogen and oxygen atoms in total. The highest BCUT2D eigenvalue weighted by Crippen LogP contribution is 2.33. The molecule has 0 aliphatic carbocycles. The van der Waals surface area contributed by atoms with Gasteiger partial charge in [-0.2, -0.15) is 0 Å². The van der Waals surface area contributed by atoms with Crippen molar-refractivity contribution in [3.05, 3.63) is 8.80 Å². The average molecular weight is 244 g/mol. The monoisotopic (exact) mass is 243 g/mol. The lowest BCUT2D eigenvalue weighted by atomic mass is 10.8. The van der Waals surface area contributed by atoms with Crippen molar-refractivity contribution in [3.8, 4) is 0 Å². The molecular formula is C5H3Cl2NO2S2. The van der Waals surface area contributed by atoms with Crippen LogP contribution in [0.25, 0.3) is 0 Å². The van der Waals surface area contributed by atoms with Crippen molar-refractivity contribution in [2.45, 2.75) is 5.03 Å². The average Bonchev–Trinajstić information content (AvgIpc) is 2.26. The van der Waals surface area contributed by atoms with E-state index in [1.807, 2.05) is 0 Å². The summed E-state index contributed by atoms with van der Waals surface area (Å²) in [6, 6.07) is 0. The Hall–Kier alpha value is 0.0300. The number of thiazole rings is 1. The summed E-state index contributed by atoms with van der Waals surface area (Å²) in [5.41, 5.74) is 0. The smallest absolute Gasteiger partial charge is 0.313 e. The first-order chi connectivity index (χ1) is 5.59. The molecule has 7 heteroatoms. The fraction of sp³-hybridized carbons (Fsp3) is 0.200. The second-order valence-electron chi connectivity index (χ2n) is 1.73. The Kier molecular flexibility index (Phi) is 3.64. The molecule has 0 aliphatic rings. The molecule has 0 aliphatic heterocycles. The number of carboxylic acid groups (broad SMARTS) is 1. The molecule has 1 heterocycles. The summed E-state index contributed by atoms with van der Waals surface area (Å²) in [7, 11) is 0. The summed E-state index contributed by atoms with van der Waals surface area (Å²) in [4.78, 5) is 14.0. The van der Waals surface area contributed by atoms with Gasteiger partial charge in [0.15, 0.2) is 4.47 Å². The standard InChI is InChI=1S/C5H3Cl2NO2S2/c6-3-4(8-5(7)12-3)11-1-2(9)10/h1H2,(H,9,10). The third-order valence-electron chi connectivity index (χ3n) is 0.864. The molecule has 0 aromatic carbocycles. The summed E-state index contributed by atoms with van der Waals surface area (Å²) in [6.07, 6.45) is 0. The molecule has 0 unspecified atom stereocenters. The van der Waals surface area contributed by atoms with Gasteiger partial charge >= 0.3 is 5.97 Å². The predicted octanol–water partition coefficient (Wildman–Crippen LogP) is 2.63. The highest BCUT2D eigenvalue weighted by Gasteiger charge is 2.09. The second-order valence-corrected chi connectivity index (χ2v) is 4.88. The zero-order valence-corrected chi connectivity index (χ0v) is 8.73. The van der Waals surface area contributed by atoms with Crippen LogP contribution >= 0.6 is 46.3 Å². The first-order valence-electron chi connectivity index (χ1n) is 2.76. The van der Waals surface area contributed by atoms with E-state index >= 15 is 0 Å². The zero-order valence-electron chi connectivity index (χ0n) is 5.58. The second kappa shape index (κ2) is 4.32. The lowest BCUT2D eigenvalue weighted by Gasteiger charge is -1.91. The van der Waals surface area contributed by atoms with Gasteiger partial charge in [-0.3, -0.25) is 4.79 Å². The van der Waals surface area contributed by atoms with Crippen LogP contribution in [0.15, 0.2) is 5.03 Å². The van der Waals surface area contributed by atoms with Gasteiger partial charge in [-0.25, -0.2) is 4.98 Å². The molecule has 1 rings (SSSR count). The van der Waals surface area contributed by atoms with Gasteiger partial charge in [0.1, 0.15) is 9.36 Å². The molecule has 1 N–H and O–H groups in total. The van der Waals surface area contributed by atoms with E-state index in [0.717, 1.165) is 23.1 Å². The van der Waals surface area contributed by atoms with Crippen molar-refractivity contribution >= 4 is 52.3 Å². The van der Waals surface area contributed by atoms with E-state index in [2.05, 4.69) is 4.98 Å². The van der Waals surface area contributed by atoms with Crippen LogP contribution in [0.5, 0.6) is 0 Å². The highest BCUT2D eigenvalue weighted by atomic mass is 35.5. The third kappa shape index (κ3) is 2.82. The Balaban J connectivity index is 2.62. The van der Waals surface area contributed by atoms with Crippen LogP contribution in [0, 0.1) is 0 Å². The van der Waals surface area contributed by atoms with Gasteiger partial charge in [0.05, 0.1) is 5.75 Å². The molecular weight excluding hydrogens is 241 g/mol. The third-order valence-corrected chi connectivity index (χ3v) is 3.42. The Bertz CT molecular complexity index is 302. The van der Waals surface area contributed by atoms with Crippen molar-refractivity contribution in [3.63, 3.8) is 0 Å². The number of hydrogen-bond donors (Lipinski definition) is 1. The van der Waals surface area contributed by atoms with Gasteiger partial charge in [0, 0.05) is 0 Å². The lowest BCUT2D eigenvalue weighted by Crippen LogP contribution is -1.97. The van der Waals surface area contributed by atoms with Crippen LogP contribution < -0.4 is 0 Å². The topological polar surface area (TPSA) is 50.2 Å². The summed E-state index contributed by atoms with van der Waals surface area (Å²) in [5, 5.41) is 8.83. The Morgan fingerprint density at radius 3 is 2.75 bits per heavy atom. The lowest BCUT2D eigenvalue weighted by molar-refractivity contribution is -0.133. The number of aliphatic carboxylic acids is 1. The van der Waals surface area contributed by atoms with Crippen LogP contribution in [0.2, 0.25) is 8.80 Å². The van der Waals surface area contributed by atoms with Crippen LogP contribution in [0.4, 0.5) is 0 Å². The maximum absolute atomic E-state index is 10.2. The molecule has 0 saturated carbocycles. The van der Waals surface area contributed by atoms with Crippen LogP contribution in [-0.4, -0.2) is 21.8 Å². The minimum Gasteiger partial charge on any atom is -0.481 e. The SMILES string of the molecule is O=C(O)CSc1nc(Cl)sc1Cl. The molecule has 1 aromatic rings. The largest absolute Gasteiger partial charge is 0.481 e. The van der Waals surface area contributed by atoms with Gasteiger partial charge < -0.3 is 5.11 Å². The minimum absolute atomic E-state index is 0.0558. The van der Waals surface area contributed by atoms with Crippen molar-refractivity contribution < 1.29 is 9.90 Å². The van der Waals surface area contributed by atoms with Crippen molar-refractivity contribution in [2.24, 2.45) is 0 Å². The van der Waals surface area contributed by atoms with Gasteiger partial charge in [-0.15, -0.1) is 0 Å². The molecule has 0 saturated heterocycles. The maximum Gasteiger partial charge on any atom is 0.313 e. The van der Waals surface area contributed by atoms with Crippen LogP contribution in [0.3, 0.4) is 0 Å². The normalized spacial score (nSPS) is 10.2. The number of rotatable bonds is 3. The van der Waals surface area contributed by atoms with Gasteiger partial charge in [0.25, 0.3) is 0 Å². The Morgan fingerprint density at radius 1 is 1.67 bits per heavy atom. The van der Waals surface area contributed by atoms with Crippen LogP contribution in [0.1, 0.15) is 0 Å². The number of carboxylic acids is 1. The van der Waals surface area contributed by atoms with Crippen molar-refractivity contribution in [1.29, 1.82) is 0 Å². The summed E-state index contributed by atoms with van der Waals surface area (Å²) in [5.74, 6) is -0.958. The van der Waals surface area contributed by atoms with Gasteiger partial charge in [-0.1, -0.05) is 46.3 Å². The molecule has 0 radical (unpaired) electrons. The molecule has 0 spiro atoms. The number of thioether (sulfide) groups is 1. The quantitative estimate of drug-likeness (QED) is 0.830. The fourth-order valence-corrected chi connectivity index (χ4v) is 2.70. The van der Waals surface area contributed by atoms with E-state index in [0.29, 0.717) is 13.8 Å². The van der Waals surface area contributed by atoms with E-state index in [9.17, 15) is 4.79 Å². The van der Waals surface area contributed by atoms with Gasteiger partial charge in [0.2, 0.25) is 0 Å². The molecule has 0 fully saturated rings. The molecule has 66 valence electrons. The van der Waals surface area contributed by atoms with E-state index < -0.39 is 5.97 Å². The fourth-order valence-electron chi connectivity index (χ4n) is 0.483. The number of halogens is 2. The van der Waals surface area contributed by atoms with E-state index in [1.165, 1.54) is 0 Å². The maximum atomic E-state index is 10.2.